The van der Waals surface area contributed by atoms with E-state index in [9.17, 15) is 25.3 Å². The summed E-state index contributed by atoms with van der Waals surface area (Å²) in [6.45, 7) is 2.69. The molecule has 0 radical (unpaired) electrons. The second kappa shape index (κ2) is 17.8. The van der Waals surface area contributed by atoms with Crippen molar-refractivity contribution in [2.75, 3.05) is 19.8 Å². The van der Waals surface area contributed by atoms with Crippen LogP contribution < -0.4 is 9.63 Å². The molecule has 0 saturated carbocycles. The minimum absolute atomic E-state index is 0.00952. The Labute approximate surface area is 279 Å². The van der Waals surface area contributed by atoms with Gasteiger partial charge in [-0.15, -0.1) is 5.10 Å². The maximum absolute atomic E-state index is 13.3. The summed E-state index contributed by atoms with van der Waals surface area (Å²) in [6.07, 6.45) is 18.5. The average Bonchev–Trinajstić information content (AvgIpc) is 3.34. The molecule has 0 unspecified atom stereocenters. The number of nitrogens with zero attached hydrogens (tertiary/aromatic N) is 3. The second-order valence-corrected chi connectivity index (χ2v) is 18.7. The van der Waals surface area contributed by atoms with Crippen molar-refractivity contribution in [3.63, 3.8) is 0 Å². The maximum atomic E-state index is 13.3. The van der Waals surface area contributed by atoms with Crippen LogP contribution in [0.15, 0.2) is 62.3 Å². The molecule has 2 aromatic carbocycles. The minimum Gasteiger partial charge on any atom is -0.318 e. The van der Waals surface area contributed by atoms with E-state index >= 15 is 0 Å². The highest BCUT2D eigenvalue weighted by Crippen LogP contribution is 2.23. The molecule has 0 aliphatic carbocycles. The van der Waals surface area contributed by atoms with Crippen molar-refractivity contribution in [1.29, 1.82) is 0 Å². The monoisotopic (exact) mass is 714 g/mol. The fraction of sp³-hybridized carbons (Fsp3) is 0.594. The van der Waals surface area contributed by atoms with Crippen LogP contribution in [0.1, 0.15) is 96.8 Å². The van der Waals surface area contributed by atoms with E-state index in [1.165, 1.54) is 111 Å². The fourth-order valence-electron chi connectivity index (χ4n) is 5.22. The number of sulfonamides is 2. The summed E-state index contributed by atoms with van der Waals surface area (Å²) in [5.74, 6) is 0. The van der Waals surface area contributed by atoms with Gasteiger partial charge in [-0.3, -0.25) is 0 Å². The molecule has 0 aliphatic rings. The first-order valence-corrected chi connectivity index (χ1v) is 21.8. The van der Waals surface area contributed by atoms with E-state index in [0.717, 1.165) is 30.2 Å². The Kier molecular flexibility index (Phi) is 14.7. The molecule has 1 heterocycles. The Balaban J connectivity index is 1.50. The second-order valence-electron chi connectivity index (χ2n) is 11.9. The average molecular weight is 715 g/mol. The summed E-state index contributed by atoms with van der Waals surface area (Å²) in [5.41, 5.74) is 0.603. The zero-order chi connectivity index (χ0) is 33.8. The smallest absolute Gasteiger partial charge is 0.276 e. The van der Waals surface area contributed by atoms with Crippen molar-refractivity contribution in [2.24, 2.45) is 12.1 Å². The van der Waals surface area contributed by atoms with Crippen LogP contribution in [-0.2, 0) is 36.9 Å². The number of hydrogen-bond donors (Lipinski definition) is 1. The van der Waals surface area contributed by atoms with Crippen LogP contribution in [0.25, 0.3) is 10.2 Å². The molecule has 3 aromatic rings. The van der Waals surface area contributed by atoms with Crippen LogP contribution >= 0.6 is 11.3 Å². The molecule has 3 rings (SSSR count). The molecule has 0 aliphatic heterocycles. The summed E-state index contributed by atoms with van der Waals surface area (Å²) in [4.78, 5) is 2.54. The Hall–Kier alpha value is -2.26. The number of sulfone groups is 1. The van der Waals surface area contributed by atoms with Crippen LogP contribution in [0.2, 0.25) is 0 Å². The van der Waals surface area contributed by atoms with Crippen molar-refractivity contribution < 1.29 is 25.3 Å². The maximum Gasteiger partial charge on any atom is 0.276 e. The van der Waals surface area contributed by atoms with Gasteiger partial charge in [0.25, 0.3) is 10.0 Å². The van der Waals surface area contributed by atoms with E-state index in [0.29, 0.717) is 16.9 Å². The van der Waals surface area contributed by atoms with Crippen LogP contribution in [0.4, 0.5) is 0 Å². The number of benzene rings is 2. The largest absolute Gasteiger partial charge is 0.318 e. The molecule has 0 atom stereocenters. The molecular weight excluding hydrogens is 665 g/mol. The van der Waals surface area contributed by atoms with Crippen LogP contribution in [0.3, 0.4) is 0 Å². The van der Waals surface area contributed by atoms with E-state index in [1.54, 1.807) is 36.9 Å². The van der Waals surface area contributed by atoms with Crippen molar-refractivity contribution in [1.82, 2.24) is 13.7 Å². The zero-order valence-electron chi connectivity index (χ0n) is 27.6. The van der Waals surface area contributed by atoms with E-state index in [4.69, 9.17) is 0 Å². The molecular formula is C32H50N4O6S4. The topological polar surface area (TPSA) is 135 Å². The van der Waals surface area contributed by atoms with Crippen LogP contribution in [0, 0.1) is 0 Å². The van der Waals surface area contributed by atoms with Gasteiger partial charge in [0.05, 0.1) is 24.9 Å². The predicted molar refractivity (Wildman–Crippen MR) is 186 cm³/mol. The Morgan fingerprint density at radius 2 is 1.20 bits per heavy atom. The molecule has 14 heteroatoms. The summed E-state index contributed by atoms with van der Waals surface area (Å²) >= 11 is 1.21. The number of aryl methyl sites for hydroxylation is 1. The molecule has 10 nitrogen and oxygen atoms in total. The van der Waals surface area contributed by atoms with Gasteiger partial charge in [0.1, 0.15) is 0 Å². The third-order valence-corrected chi connectivity index (χ3v) is 13.5. The van der Waals surface area contributed by atoms with Gasteiger partial charge in [0.2, 0.25) is 14.8 Å². The van der Waals surface area contributed by atoms with Gasteiger partial charge in [0.15, 0.2) is 9.84 Å². The lowest BCUT2D eigenvalue weighted by Gasteiger charge is -2.17. The first-order valence-electron chi connectivity index (χ1n) is 16.2. The lowest BCUT2D eigenvalue weighted by Crippen LogP contribution is -2.28. The predicted octanol–water partition coefficient (Wildman–Crippen LogP) is 6.54. The lowest BCUT2D eigenvalue weighted by molar-refractivity contribution is 0.447. The van der Waals surface area contributed by atoms with E-state index in [2.05, 4.69) is 16.9 Å². The van der Waals surface area contributed by atoms with Crippen LogP contribution in [0.5, 0.6) is 0 Å². The third kappa shape index (κ3) is 11.2. The van der Waals surface area contributed by atoms with Crippen molar-refractivity contribution in [3.05, 3.63) is 47.3 Å². The summed E-state index contributed by atoms with van der Waals surface area (Å²) in [7, 11) is -7.94. The minimum atomic E-state index is -4.06. The van der Waals surface area contributed by atoms with Gasteiger partial charge in [-0.1, -0.05) is 102 Å². The van der Waals surface area contributed by atoms with E-state index < -0.39 is 29.9 Å². The standard InChI is InChI=1S/C32H50N4O6S4/c1-5-6-7-8-9-10-11-12-13-14-15-16-17-18-25-35(2)46(41,42)29-23-24-31-30(26-29)36(3)32(43-31)33-34-45(39,40)28-21-19-27(20-22-28)44(4,37)38/h19-24,26,34H,5-18,25H2,1-4H3/b33-32+. The van der Waals surface area contributed by atoms with Gasteiger partial charge in [0, 0.05) is 26.9 Å². The molecule has 46 heavy (non-hydrogen) atoms. The summed E-state index contributed by atoms with van der Waals surface area (Å²) in [6, 6.07) is 9.69. The number of hydrogen-bond acceptors (Lipinski definition) is 8. The number of nitrogens with one attached hydrogen (secondary N) is 1. The molecule has 0 bridgehead atoms. The first-order chi connectivity index (χ1) is 21.8. The third-order valence-electron chi connectivity index (χ3n) is 8.14. The normalized spacial score (nSPS) is 13.2. The van der Waals surface area contributed by atoms with E-state index in [-0.39, 0.29) is 14.7 Å². The molecule has 258 valence electrons. The van der Waals surface area contributed by atoms with Crippen molar-refractivity contribution in [3.8, 4) is 0 Å². The quantitative estimate of drug-likeness (QED) is 0.0984. The fourth-order valence-corrected chi connectivity index (χ4v) is 8.91. The number of fused-ring (bicyclic) bond motifs is 1. The highest BCUT2D eigenvalue weighted by atomic mass is 32.2. The summed E-state index contributed by atoms with van der Waals surface area (Å²) in [5, 5.41) is 4.06. The first kappa shape index (κ1) is 38.2. The van der Waals surface area contributed by atoms with Crippen LogP contribution in [-0.4, -0.2) is 54.0 Å². The highest BCUT2D eigenvalue weighted by molar-refractivity contribution is 7.91. The number of unbranched alkanes of at least 4 members (excludes halogenated alkanes) is 13. The molecule has 0 spiro atoms. The van der Waals surface area contributed by atoms with Crippen molar-refractivity contribution in [2.45, 2.75) is 112 Å². The molecule has 0 amide bonds. The molecule has 1 N–H and O–H groups in total. The van der Waals surface area contributed by atoms with Gasteiger partial charge in [-0.25, -0.2) is 21.1 Å². The van der Waals surface area contributed by atoms with Crippen molar-refractivity contribution >= 4 is 51.4 Å². The zero-order valence-corrected chi connectivity index (χ0v) is 30.8. The lowest BCUT2D eigenvalue weighted by atomic mass is 10.0. The number of rotatable bonds is 21. The Morgan fingerprint density at radius 3 is 1.72 bits per heavy atom. The molecule has 0 saturated heterocycles. The van der Waals surface area contributed by atoms with Gasteiger partial charge in [-0.2, -0.15) is 13.2 Å². The summed E-state index contributed by atoms with van der Waals surface area (Å²) < 4.78 is 79.3. The highest BCUT2D eigenvalue weighted by Gasteiger charge is 2.22. The van der Waals surface area contributed by atoms with Gasteiger partial charge < -0.3 is 4.57 Å². The Bertz CT molecular complexity index is 1800. The van der Waals surface area contributed by atoms with Gasteiger partial charge in [-0.05, 0) is 48.9 Å². The molecule has 0 fully saturated rings. The number of aromatic nitrogens is 1. The molecule has 1 aromatic heterocycles. The number of thiazole rings is 1. The van der Waals surface area contributed by atoms with Gasteiger partial charge >= 0.3 is 0 Å². The SMILES string of the molecule is CCCCCCCCCCCCCCCCN(C)S(=O)(=O)c1ccc2s/c(=N/NS(=O)(=O)c3ccc(S(C)(=O)=O)cc3)n(C)c2c1. The Morgan fingerprint density at radius 1 is 0.717 bits per heavy atom. The van der Waals surface area contributed by atoms with E-state index in [1.807, 2.05) is 0 Å².